The van der Waals surface area contributed by atoms with Gasteiger partial charge in [0.2, 0.25) is 5.91 Å². The summed E-state index contributed by atoms with van der Waals surface area (Å²) in [6.07, 6.45) is 1.69. The Kier molecular flexibility index (Phi) is 5.52. The van der Waals surface area contributed by atoms with Gasteiger partial charge in [0.15, 0.2) is 0 Å². The average molecular weight is 401 g/mol. The van der Waals surface area contributed by atoms with Crippen molar-refractivity contribution in [3.05, 3.63) is 39.2 Å². The lowest BCUT2D eigenvalue weighted by atomic mass is 9.79. The zero-order chi connectivity index (χ0) is 21.6. The van der Waals surface area contributed by atoms with Crippen molar-refractivity contribution >= 4 is 16.9 Å². The van der Waals surface area contributed by atoms with E-state index in [1.807, 2.05) is 26.0 Å². The third-order valence-corrected chi connectivity index (χ3v) is 5.77. The molecule has 0 radical (unpaired) electrons. The molecule has 0 atom stereocenters. The Hall–Kier alpha value is -2.34. The number of carbonyl (C=O) groups is 1. The van der Waals surface area contributed by atoms with Gasteiger partial charge in [-0.15, -0.1) is 0 Å². The lowest BCUT2D eigenvalue weighted by molar-refractivity contribution is -0.121. The van der Waals surface area contributed by atoms with Crippen molar-refractivity contribution in [2.75, 3.05) is 7.11 Å². The minimum Gasteiger partial charge on any atom is -0.496 e. The maximum Gasteiger partial charge on any atom is 0.340 e. The van der Waals surface area contributed by atoms with Crippen molar-refractivity contribution in [2.24, 2.45) is 0 Å². The second-order valence-corrected chi connectivity index (χ2v) is 9.50. The van der Waals surface area contributed by atoms with Gasteiger partial charge in [-0.2, -0.15) is 0 Å². The third kappa shape index (κ3) is 4.47. The Bertz CT molecular complexity index is 988. The Labute approximate surface area is 172 Å². The number of aryl methyl sites for hydroxylation is 2. The minimum atomic E-state index is -0.465. The van der Waals surface area contributed by atoms with Crippen LogP contribution in [0.4, 0.5) is 0 Å². The first-order chi connectivity index (χ1) is 13.4. The molecule has 1 aliphatic heterocycles. The largest absolute Gasteiger partial charge is 0.496 e. The highest BCUT2D eigenvalue weighted by Crippen LogP contribution is 2.30. The molecule has 1 amide bonds. The van der Waals surface area contributed by atoms with Gasteiger partial charge in [-0.3, -0.25) is 4.79 Å². The Morgan fingerprint density at radius 3 is 2.38 bits per heavy atom. The van der Waals surface area contributed by atoms with E-state index >= 15 is 0 Å². The summed E-state index contributed by atoms with van der Waals surface area (Å²) in [5, 5.41) is 7.57. The van der Waals surface area contributed by atoms with Crippen molar-refractivity contribution < 1.29 is 13.9 Å². The molecule has 158 valence electrons. The summed E-state index contributed by atoms with van der Waals surface area (Å²) in [5.41, 5.74) is 1.89. The number of ether oxygens (including phenoxy) is 1. The molecule has 1 saturated heterocycles. The lowest BCUT2D eigenvalue weighted by Gasteiger charge is -2.46. The summed E-state index contributed by atoms with van der Waals surface area (Å²) in [6.45, 7) is 12.3. The van der Waals surface area contributed by atoms with Crippen LogP contribution in [0, 0.1) is 13.8 Å². The van der Waals surface area contributed by atoms with Gasteiger partial charge in [0, 0.05) is 28.1 Å². The van der Waals surface area contributed by atoms with Crippen LogP contribution in [0.5, 0.6) is 5.75 Å². The number of hydrogen-bond donors (Lipinski definition) is 2. The van der Waals surface area contributed by atoms with Crippen LogP contribution in [0.1, 0.15) is 57.2 Å². The predicted molar refractivity (Wildman–Crippen MR) is 115 cm³/mol. The lowest BCUT2D eigenvalue weighted by Crippen LogP contribution is -2.62. The maximum atomic E-state index is 12.8. The number of methoxy groups -OCH3 is 1. The van der Waals surface area contributed by atoms with E-state index in [4.69, 9.17) is 9.15 Å². The van der Waals surface area contributed by atoms with E-state index in [9.17, 15) is 9.59 Å². The first-order valence-corrected chi connectivity index (χ1v) is 10.1. The summed E-state index contributed by atoms with van der Waals surface area (Å²) in [7, 11) is 1.58. The quantitative estimate of drug-likeness (QED) is 0.769. The normalized spacial score (nSPS) is 18.6. The maximum absolute atomic E-state index is 12.8. The Balaban J connectivity index is 1.85. The van der Waals surface area contributed by atoms with E-state index in [2.05, 4.69) is 38.3 Å². The summed E-state index contributed by atoms with van der Waals surface area (Å²) in [5.74, 6) is 0.519. The van der Waals surface area contributed by atoms with Gasteiger partial charge in [-0.1, -0.05) is 0 Å². The van der Waals surface area contributed by atoms with Gasteiger partial charge in [0.05, 0.1) is 19.1 Å². The molecule has 2 N–H and O–H groups in total. The predicted octanol–water partition coefficient (Wildman–Crippen LogP) is 3.39. The van der Waals surface area contributed by atoms with Crippen molar-refractivity contribution in [3.63, 3.8) is 0 Å². The first-order valence-electron chi connectivity index (χ1n) is 10.1. The first kappa shape index (κ1) is 21.4. The molecule has 0 spiro atoms. The number of carbonyl (C=O) groups excluding carboxylic acids is 1. The molecular formula is C23H32N2O4. The summed E-state index contributed by atoms with van der Waals surface area (Å²) in [4.78, 5) is 25.4. The van der Waals surface area contributed by atoms with Crippen molar-refractivity contribution in [1.82, 2.24) is 10.6 Å². The average Bonchev–Trinajstić information content (AvgIpc) is 2.56. The summed E-state index contributed by atoms with van der Waals surface area (Å²) >= 11 is 0. The fourth-order valence-corrected chi connectivity index (χ4v) is 4.86. The standard InChI is InChI=1S/C23H32N2O4/c1-13-16-8-9-18(28-7)14(2)20(16)29-21(27)17(13)10-19(26)24-15-11-22(3,4)25-23(5,6)12-15/h8-9,15,25H,10-12H2,1-7H3,(H,24,26). The zero-order valence-electron chi connectivity index (χ0n) is 18.5. The monoisotopic (exact) mass is 400 g/mol. The van der Waals surface area contributed by atoms with Crippen LogP contribution in [-0.4, -0.2) is 30.1 Å². The molecule has 2 aromatic rings. The van der Waals surface area contributed by atoms with Crippen LogP contribution in [0.25, 0.3) is 11.0 Å². The highest BCUT2D eigenvalue weighted by molar-refractivity contribution is 5.87. The fraction of sp³-hybridized carbons (Fsp3) is 0.565. The van der Waals surface area contributed by atoms with Crippen LogP contribution in [0.15, 0.2) is 21.3 Å². The van der Waals surface area contributed by atoms with E-state index in [0.717, 1.165) is 29.4 Å². The van der Waals surface area contributed by atoms with E-state index < -0.39 is 5.63 Å². The minimum absolute atomic E-state index is 0.0139. The molecule has 3 rings (SSSR count). The van der Waals surface area contributed by atoms with Crippen LogP contribution < -0.4 is 21.0 Å². The summed E-state index contributed by atoms with van der Waals surface area (Å²) < 4.78 is 10.9. The molecule has 0 aliphatic carbocycles. The number of fused-ring (bicyclic) bond motifs is 1. The molecule has 0 unspecified atom stereocenters. The topological polar surface area (TPSA) is 80.6 Å². The fourth-order valence-electron chi connectivity index (χ4n) is 4.86. The Morgan fingerprint density at radius 1 is 1.17 bits per heavy atom. The van der Waals surface area contributed by atoms with E-state index in [-0.39, 0.29) is 29.4 Å². The molecule has 6 heteroatoms. The number of hydrogen-bond acceptors (Lipinski definition) is 5. The van der Waals surface area contributed by atoms with Gasteiger partial charge in [0.1, 0.15) is 11.3 Å². The molecule has 1 fully saturated rings. The molecule has 6 nitrogen and oxygen atoms in total. The molecule has 0 saturated carbocycles. The molecule has 1 aliphatic rings. The molecule has 1 aromatic carbocycles. The number of nitrogens with one attached hydrogen (secondary N) is 2. The van der Waals surface area contributed by atoms with Gasteiger partial charge in [-0.25, -0.2) is 4.79 Å². The van der Waals surface area contributed by atoms with Crippen LogP contribution in [-0.2, 0) is 11.2 Å². The van der Waals surface area contributed by atoms with Crippen LogP contribution in [0.3, 0.4) is 0 Å². The van der Waals surface area contributed by atoms with E-state index in [0.29, 0.717) is 16.9 Å². The molecule has 1 aromatic heterocycles. The van der Waals surface area contributed by atoms with Gasteiger partial charge in [-0.05, 0) is 72.1 Å². The Morgan fingerprint density at radius 2 is 1.79 bits per heavy atom. The number of rotatable bonds is 4. The number of amides is 1. The summed E-state index contributed by atoms with van der Waals surface area (Å²) in [6, 6.07) is 3.79. The van der Waals surface area contributed by atoms with Crippen molar-refractivity contribution in [3.8, 4) is 5.75 Å². The second kappa shape index (κ2) is 7.48. The van der Waals surface area contributed by atoms with Crippen LogP contribution in [0.2, 0.25) is 0 Å². The third-order valence-electron chi connectivity index (χ3n) is 5.77. The van der Waals surface area contributed by atoms with Gasteiger partial charge < -0.3 is 19.8 Å². The molecular weight excluding hydrogens is 368 g/mol. The van der Waals surface area contributed by atoms with E-state index in [1.165, 1.54) is 0 Å². The highest BCUT2D eigenvalue weighted by atomic mass is 16.5. The zero-order valence-corrected chi connectivity index (χ0v) is 18.5. The van der Waals surface area contributed by atoms with Crippen molar-refractivity contribution in [1.29, 1.82) is 0 Å². The molecule has 0 bridgehead atoms. The van der Waals surface area contributed by atoms with E-state index in [1.54, 1.807) is 7.11 Å². The van der Waals surface area contributed by atoms with Crippen LogP contribution >= 0.6 is 0 Å². The second-order valence-electron chi connectivity index (χ2n) is 9.50. The molecule has 2 heterocycles. The van der Waals surface area contributed by atoms with Crippen molar-refractivity contribution in [2.45, 2.75) is 77.9 Å². The SMILES string of the molecule is COc1ccc2c(C)c(CC(=O)NC3CC(C)(C)NC(C)(C)C3)c(=O)oc2c1C. The highest BCUT2D eigenvalue weighted by Gasteiger charge is 2.38. The molecule has 29 heavy (non-hydrogen) atoms. The number of benzene rings is 1. The van der Waals surface area contributed by atoms with Gasteiger partial charge >= 0.3 is 5.63 Å². The van der Waals surface area contributed by atoms with Gasteiger partial charge in [0.25, 0.3) is 0 Å². The smallest absolute Gasteiger partial charge is 0.340 e. The number of piperidine rings is 1.